The molecule has 0 spiro atoms. The Morgan fingerprint density at radius 3 is 2.49 bits per heavy atom. The Kier molecular flexibility index (Phi) is 8.12. The molecular weight excluding hydrogens is 490 g/mol. The Bertz CT molecular complexity index is 1130. The zero-order valence-electron chi connectivity index (χ0n) is 21.5. The second kappa shape index (κ2) is 11.1. The summed E-state index contributed by atoms with van der Waals surface area (Å²) in [6, 6.07) is 17.2. The Labute approximate surface area is 223 Å². The lowest BCUT2D eigenvalue weighted by Gasteiger charge is -2.46. The highest BCUT2D eigenvalue weighted by atomic mass is 35.5. The Morgan fingerprint density at radius 2 is 1.84 bits per heavy atom. The van der Waals surface area contributed by atoms with Gasteiger partial charge in [-0.3, -0.25) is 9.59 Å². The van der Waals surface area contributed by atoms with Gasteiger partial charge in [-0.1, -0.05) is 54.1 Å². The molecule has 0 bridgehead atoms. The molecule has 2 aromatic rings. The molecule has 2 fully saturated rings. The molecule has 0 aromatic heterocycles. The van der Waals surface area contributed by atoms with Crippen molar-refractivity contribution < 1.29 is 19.1 Å². The second-order valence-corrected chi connectivity index (χ2v) is 11.4. The van der Waals surface area contributed by atoms with Crippen LogP contribution in [0.15, 0.2) is 54.6 Å². The molecule has 1 atom stereocenters. The lowest BCUT2D eigenvalue weighted by atomic mass is 9.64. The minimum atomic E-state index is -0.780. The third kappa shape index (κ3) is 6.63. The molecule has 7 nitrogen and oxygen atoms in total. The molecule has 0 unspecified atom stereocenters. The van der Waals surface area contributed by atoms with Crippen molar-refractivity contribution in [3.63, 3.8) is 0 Å². The first kappa shape index (κ1) is 27.0. The fourth-order valence-corrected chi connectivity index (χ4v) is 6.05. The Morgan fingerprint density at radius 1 is 1.14 bits per heavy atom. The summed E-state index contributed by atoms with van der Waals surface area (Å²) in [5.74, 6) is -0.128. The standard InChI is InChI=1S/C29H36ClN3O4/c1-28(2,37-27(31)36)15-16-29(21-9-6-10-22(30)18-21)13-11-23(12-14-29)33-19-25(34)32-24(26(33)35)17-20-7-4-3-5-8-20/h3-10,18,23-24H,11-17,19H2,1-2H3,(H2,31,36)(H,32,34)/t23?,24-,29?/m0/s1. The molecule has 2 aromatic carbocycles. The molecule has 1 saturated heterocycles. The lowest BCUT2D eigenvalue weighted by molar-refractivity contribution is -0.147. The van der Waals surface area contributed by atoms with Crippen molar-refractivity contribution in [1.82, 2.24) is 10.2 Å². The van der Waals surface area contributed by atoms with E-state index in [0.717, 1.165) is 43.2 Å². The van der Waals surface area contributed by atoms with Crippen molar-refractivity contribution in [1.29, 1.82) is 0 Å². The number of hydrogen-bond acceptors (Lipinski definition) is 4. The molecule has 3 N–H and O–H groups in total. The van der Waals surface area contributed by atoms with Crippen LogP contribution in [-0.4, -0.2) is 47.0 Å². The number of nitrogens with zero attached hydrogens (tertiary/aromatic N) is 1. The fraction of sp³-hybridized carbons (Fsp3) is 0.483. The van der Waals surface area contributed by atoms with Gasteiger partial charge in [0.05, 0.1) is 6.54 Å². The van der Waals surface area contributed by atoms with Crippen LogP contribution in [0.1, 0.15) is 63.5 Å². The summed E-state index contributed by atoms with van der Waals surface area (Å²) in [6.45, 7) is 3.83. The highest BCUT2D eigenvalue weighted by Crippen LogP contribution is 2.46. The van der Waals surface area contributed by atoms with Crippen LogP contribution in [0.3, 0.4) is 0 Å². The van der Waals surface area contributed by atoms with Crippen LogP contribution < -0.4 is 11.1 Å². The number of carbonyl (C=O) groups is 3. The predicted octanol–water partition coefficient (Wildman–Crippen LogP) is 4.74. The number of benzene rings is 2. The number of hydrogen-bond donors (Lipinski definition) is 2. The average Bonchev–Trinajstić information content (AvgIpc) is 2.85. The van der Waals surface area contributed by atoms with Gasteiger partial charge < -0.3 is 20.7 Å². The van der Waals surface area contributed by atoms with E-state index in [1.807, 2.05) is 62.4 Å². The van der Waals surface area contributed by atoms with E-state index in [2.05, 4.69) is 11.4 Å². The fourth-order valence-electron chi connectivity index (χ4n) is 5.86. The topological polar surface area (TPSA) is 102 Å². The molecule has 4 rings (SSSR count). The highest BCUT2D eigenvalue weighted by Gasteiger charge is 2.43. The number of primary amides is 1. The number of nitrogens with one attached hydrogen (secondary N) is 1. The zero-order valence-corrected chi connectivity index (χ0v) is 22.3. The summed E-state index contributed by atoms with van der Waals surface area (Å²) < 4.78 is 5.35. The smallest absolute Gasteiger partial charge is 0.405 e. The molecule has 1 saturated carbocycles. The maximum absolute atomic E-state index is 13.4. The van der Waals surface area contributed by atoms with Gasteiger partial charge in [0.15, 0.2) is 0 Å². The Hall–Kier alpha value is -3.06. The summed E-state index contributed by atoms with van der Waals surface area (Å²) >= 11 is 6.37. The minimum absolute atomic E-state index is 0.000915. The molecule has 2 aliphatic rings. The van der Waals surface area contributed by atoms with Gasteiger partial charge in [0, 0.05) is 17.5 Å². The van der Waals surface area contributed by atoms with Gasteiger partial charge in [0.25, 0.3) is 0 Å². The summed E-state index contributed by atoms with van der Waals surface area (Å²) in [4.78, 5) is 39.2. The third-order valence-corrected chi connectivity index (χ3v) is 8.12. The summed E-state index contributed by atoms with van der Waals surface area (Å²) in [5, 5.41) is 3.57. The van der Waals surface area contributed by atoms with Crippen LogP contribution in [-0.2, 0) is 26.2 Å². The van der Waals surface area contributed by atoms with E-state index in [-0.39, 0.29) is 29.8 Å². The van der Waals surface area contributed by atoms with Crippen LogP contribution in [0.5, 0.6) is 0 Å². The quantitative estimate of drug-likeness (QED) is 0.519. The number of piperazine rings is 1. The summed E-state index contributed by atoms with van der Waals surface area (Å²) in [5.41, 5.74) is 6.59. The van der Waals surface area contributed by atoms with Gasteiger partial charge in [-0.05, 0) is 81.0 Å². The molecular formula is C29H36ClN3O4. The average molecular weight is 526 g/mol. The lowest BCUT2D eigenvalue weighted by Crippen LogP contribution is -2.62. The van der Waals surface area contributed by atoms with Crippen LogP contribution in [0.25, 0.3) is 0 Å². The number of amides is 3. The van der Waals surface area contributed by atoms with Crippen molar-refractivity contribution in [2.45, 2.75) is 81.9 Å². The molecule has 37 heavy (non-hydrogen) atoms. The van der Waals surface area contributed by atoms with E-state index < -0.39 is 17.7 Å². The molecule has 1 heterocycles. The number of halogens is 1. The van der Waals surface area contributed by atoms with Gasteiger partial charge in [0.2, 0.25) is 11.8 Å². The second-order valence-electron chi connectivity index (χ2n) is 11.0. The van der Waals surface area contributed by atoms with Crippen LogP contribution in [0.4, 0.5) is 4.79 Å². The first-order valence-corrected chi connectivity index (χ1v) is 13.3. The molecule has 1 aliphatic heterocycles. The van der Waals surface area contributed by atoms with Crippen LogP contribution in [0.2, 0.25) is 5.02 Å². The molecule has 3 amide bonds. The zero-order chi connectivity index (χ0) is 26.6. The largest absolute Gasteiger partial charge is 0.444 e. The molecule has 198 valence electrons. The van der Waals surface area contributed by atoms with Crippen molar-refractivity contribution in [3.8, 4) is 0 Å². The van der Waals surface area contributed by atoms with Gasteiger partial charge in [-0.15, -0.1) is 0 Å². The summed E-state index contributed by atoms with van der Waals surface area (Å²) in [7, 11) is 0. The number of rotatable bonds is 8. The minimum Gasteiger partial charge on any atom is -0.444 e. The van der Waals surface area contributed by atoms with E-state index in [1.54, 1.807) is 4.90 Å². The summed E-state index contributed by atoms with van der Waals surface area (Å²) in [6.07, 6.45) is 4.34. The van der Waals surface area contributed by atoms with Crippen LogP contribution >= 0.6 is 11.6 Å². The van der Waals surface area contributed by atoms with Gasteiger partial charge >= 0.3 is 6.09 Å². The third-order valence-electron chi connectivity index (χ3n) is 7.89. The van der Waals surface area contributed by atoms with E-state index >= 15 is 0 Å². The maximum atomic E-state index is 13.4. The van der Waals surface area contributed by atoms with E-state index in [9.17, 15) is 14.4 Å². The monoisotopic (exact) mass is 525 g/mol. The number of carbonyl (C=O) groups excluding carboxylic acids is 3. The van der Waals surface area contributed by atoms with Crippen molar-refractivity contribution in [3.05, 3.63) is 70.7 Å². The van der Waals surface area contributed by atoms with E-state index in [0.29, 0.717) is 17.9 Å². The number of ether oxygens (including phenoxy) is 1. The molecule has 8 heteroatoms. The van der Waals surface area contributed by atoms with E-state index in [1.165, 1.54) is 0 Å². The molecule has 1 aliphatic carbocycles. The van der Waals surface area contributed by atoms with E-state index in [4.69, 9.17) is 22.1 Å². The Balaban J connectivity index is 1.49. The number of nitrogens with two attached hydrogens (primary N) is 1. The normalized spacial score (nSPS) is 24.5. The molecule has 0 radical (unpaired) electrons. The van der Waals surface area contributed by atoms with Crippen molar-refractivity contribution >= 4 is 29.5 Å². The van der Waals surface area contributed by atoms with Crippen LogP contribution in [0, 0.1) is 0 Å². The first-order chi connectivity index (χ1) is 17.6. The SMILES string of the molecule is CC(C)(CCC1(c2cccc(Cl)c2)CCC(N2CC(=O)N[C@@H](Cc3ccccc3)C2=O)CC1)OC(N)=O. The predicted molar refractivity (Wildman–Crippen MR) is 143 cm³/mol. The van der Waals surface area contributed by atoms with Crippen molar-refractivity contribution in [2.75, 3.05) is 6.54 Å². The van der Waals surface area contributed by atoms with Gasteiger partial charge in [-0.25, -0.2) is 4.79 Å². The van der Waals surface area contributed by atoms with Gasteiger partial charge in [-0.2, -0.15) is 0 Å². The van der Waals surface area contributed by atoms with Crippen molar-refractivity contribution in [2.24, 2.45) is 5.73 Å². The maximum Gasteiger partial charge on any atom is 0.405 e. The van der Waals surface area contributed by atoms with Gasteiger partial charge in [0.1, 0.15) is 11.6 Å². The first-order valence-electron chi connectivity index (χ1n) is 13.0. The highest BCUT2D eigenvalue weighted by molar-refractivity contribution is 6.30.